The Kier molecular flexibility index (Phi) is 4.91. The lowest BCUT2D eigenvalue weighted by Gasteiger charge is -2.29. The SMILES string of the molecule is CCCOc1cccc(NC2CCCCC2O)c1N. The van der Waals surface area contributed by atoms with E-state index in [1.165, 1.54) is 0 Å². The molecule has 0 saturated heterocycles. The van der Waals surface area contributed by atoms with Crippen molar-refractivity contribution in [2.24, 2.45) is 0 Å². The van der Waals surface area contributed by atoms with Crippen LogP contribution in [0.1, 0.15) is 39.0 Å². The molecule has 4 nitrogen and oxygen atoms in total. The van der Waals surface area contributed by atoms with Gasteiger partial charge in [-0.25, -0.2) is 0 Å². The van der Waals surface area contributed by atoms with E-state index in [4.69, 9.17) is 10.5 Å². The molecule has 0 spiro atoms. The van der Waals surface area contributed by atoms with Gasteiger partial charge in [0.25, 0.3) is 0 Å². The minimum atomic E-state index is -0.284. The number of aliphatic hydroxyl groups is 1. The minimum Gasteiger partial charge on any atom is -0.491 e. The monoisotopic (exact) mass is 264 g/mol. The second kappa shape index (κ2) is 6.66. The van der Waals surface area contributed by atoms with Gasteiger partial charge in [0.2, 0.25) is 0 Å². The number of aliphatic hydroxyl groups excluding tert-OH is 1. The van der Waals surface area contributed by atoms with Crippen molar-refractivity contribution in [3.05, 3.63) is 18.2 Å². The van der Waals surface area contributed by atoms with Gasteiger partial charge in [0.1, 0.15) is 5.75 Å². The highest BCUT2D eigenvalue weighted by Crippen LogP contribution is 2.32. The largest absolute Gasteiger partial charge is 0.491 e. The molecular formula is C15H24N2O2. The Morgan fingerprint density at radius 2 is 2.16 bits per heavy atom. The van der Waals surface area contributed by atoms with Crippen molar-refractivity contribution < 1.29 is 9.84 Å². The summed E-state index contributed by atoms with van der Waals surface area (Å²) in [7, 11) is 0. The molecule has 0 amide bonds. The lowest BCUT2D eigenvalue weighted by atomic mass is 9.92. The van der Waals surface area contributed by atoms with Crippen LogP contribution in [0.3, 0.4) is 0 Å². The molecule has 1 aliphatic carbocycles. The molecule has 1 aromatic rings. The quantitative estimate of drug-likeness (QED) is 0.715. The third kappa shape index (κ3) is 3.53. The Bertz CT molecular complexity index is 409. The smallest absolute Gasteiger partial charge is 0.144 e. The predicted octanol–water partition coefficient (Wildman–Crippen LogP) is 2.77. The van der Waals surface area contributed by atoms with Crippen LogP contribution in [0.5, 0.6) is 5.75 Å². The molecule has 1 aromatic carbocycles. The number of benzene rings is 1. The van der Waals surface area contributed by atoms with Gasteiger partial charge in [-0.3, -0.25) is 0 Å². The van der Waals surface area contributed by atoms with Gasteiger partial charge in [-0.15, -0.1) is 0 Å². The maximum atomic E-state index is 10.00. The van der Waals surface area contributed by atoms with Gasteiger partial charge < -0.3 is 20.9 Å². The molecule has 0 bridgehead atoms. The Hall–Kier alpha value is -1.42. The summed E-state index contributed by atoms with van der Waals surface area (Å²) < 4.78 is 5.62. The molecule has 0 radical (unpaired) electrons. The standard InChI is InChI=1S/C15H24N2O2/c1-2-10-19-14-9-5-7-12(15(14)16)17-11-6-3-4-8-13(11)18/h5,7,9,11,13,17-18H,2-4,6,8,10,16H2,1H3. The summed E-state index contributed by atoms with van der Waals surface area (Å²) in [4.78, 5) is 0. The Morgan fingerprint density at radius 3 is 2.89 bits per heavy atom. The van der Waals surface area contributed by atoms with Crippen molar-refractivity contribution in [2.45, 2.75) is 51.2 Å². The van der Waals surface area contributed by atoms with E-state index < -0.39 is 0 Å². The van der Waals surface area contributed by atoms with Crippen LogP contribution < -0.4 is 15.8 Å². The van der Waals surface area contributed by atoms with Crippen LogP contribution >= 0.6 is 0 Å². The van der Waals surface area contributed by atoms with E-state index in [0.29, 0.717) is 12.3 Å². The Balaban J connectivity index is 2.07. The van der Waals surface area contributed by atoms with Crippen LogP contribution in [0, 0.1) is 0 Å². The van der Waals surface area contributed by atoms with Gasteiger partial charge in [-0.2, -0.15) is 0 Å². The van der Waals surface area contributed by atoms with Crippen molar-refractivity contribution in [3.63, 3.8) is 0 Å². The molecule has 0 aromatic heterocycles. The van der Waals surface area contributed by atoms with E-state index in [1.807, 2.05) is 18.2 Å². The molecule has 0 heterocycles. The molecule has 1 aliphatic rings. The van der Waals surface area contributed by atoms with Gasteiger partial charge in [-0.1, -0.05) is 25.8 Å². The first-order valence-electron chi connectivity index (χ1n) is 7.18. The molecule has 2 rings (SSSR count). The molecule has 19 heavy (non-hydrogen) atoms. The number of hydrogen-bond acceptors (Lipinski definition) is 4. The van der Waals surface area contributed by atoms with E-state index in [0.717, 1.165) is 43.5 Å². The van der Waals surface area contributed by atoms with Crippen LogP contribution in [0.4, 0.5) is 11.4 Å². The molecule has 2 atom stereocenters. The van der Waals surface area contributed by atoms with Gasteiger partial charge in [0.15, 0.2) is 0 Å². The molecule has 4 N–H and O–H groups in total. The molecule has 4 heteroatoms. The van der Waals surface area contributed by atoms with Crippen molar-refractivity contribution in [1.82, 2.24) is 0 Å². The molecule has 1 saturated carbocycles. The topological polar surface area (TPSA) is 67.5 Å². The molecular weight excluding hydrogens is 240 g/mol. The zero-order chi connectivity index (χ0) is 13.7. The number of nitrogens with one attached hydrogen (secondary N) is 1. The fraction of sp³-hybridized carbons (Fsp3) is 0.600. The minimum absolute atomic E-state index is 0.0949. The first-order valence-corrected chi connectivity index (χ1v) is 7.18. The molecule has 2 unspecified atom stereocenters. The molecule has 0 aliphatic heterocycles. The Morgan fingerprint density at radius 1 is 1.37 bits per heavy atom. The summed E-state index contributed by atoms with van der Waals surface area (Å²) in [6, 6.07) is 5.85. The lowest BCUT2D eigenvalue weighted by molar-refractivity contribution is 0.116. The zero-order valence-corrected chi connectivity index (χ0v) is 11.6. The van der Waals surface area contributed by atoms with E-state index in [2.05, 4.69) is 12.2 Å². The maximum absolute atomic E-state index is 10.00. The fourth-order valence-corrected chi connectivity index (χ4v) is 2.49. The number of nitrogen functional groups attached to an aromatic ring is 1. The third-order valence-corrected chi connectivity index (χ3v) is 3.60. The van der Waals surface area contributed by atoms with Crippen LogP contribution in [0.2, 0.25) is 0 Å². The second-order valence-electron chi connectivity index (χ2n) is 5.17. The second-order valence-corrected chi connectivity index (χ2v) is 5.17. The average molecular weight is 264 g/mol. The highest BCUT2D eigenvalue weighted by atomic mass is 16.5. The zero-order valence-electron chi connectivity index (χ0n) is 11.6. The summed E-state index contributed by atoms with van der Waals surface area (Å²) in [6.45, 7) is 2.73. The number of ether oxygens (including phenoxy) is 1. The average Bonchev–Trinajstić information content (AvgIpc) is 2.42. The van der Waals surface area contributed by atoms with Crippen molar-refractivity contribution in [2.75, 3.05) is 17.7 Å². The van der Waals surface area contributed by atoms with Crippen LogP contribution in [-0.4, -0.2) is 23.9 Å². The van der Waals surface area contributed by atoms with Crippen molar-refractivity contribution >= 4 is 11.4 Å². The van der Waals surface area contributed by atoms with E-state index in [1.54, 1.807) is 0 Å². The number of para-hydroxylation sites is 1. The van der Waals surface area contributed by atoms with E-state index in [9.17, 15) is 5.11 Å². The number of anilines is 2. The van der Waals surface area contributed by atoms with Gasteiger partial charge in [0, 0.05) is 0 Å². The normalized spacial score (nSPS) is 23.1. The summed E-state index contributed by atoms with van der Waals surface area (Å²) in [5, 5.41) is 13.4. The highest BCUT2D eigenvalue weighted by molar-refractivity contribution is 5.73. The number of hydrogen-bond donors (Lipinski definition) is 3. The van der Waals surface area contributed by atoms with E-state index in [-0.39, 0.29) is 12.1 Å². The summed E-state index contributed by atoms with van der Waals surface area (Å²) >= 11 is 0. The van der Waals surface area contributed by atoms with Crippen LogP contribution in [0.15, 0.2) is 18.2 Å². The first-order chi connectivity index (χ1) is 9.22. The van der Waals surface area contributed by atoms with Crippen molar-refractivity contribution in [1.29, 1.82) is 0 Å². The fourth-order valence-electron chi connectivity index (χ4n) is 2.49. The predicted molar refractivity (Wildman–Crippen MR) is 78.5 cm³/mol. The van der Waals surface area contributed by atoms with Crippen molar-refractivity contribution in [3.8, 4) is 5.75 Å². The van der Waals surface area contributed by atoms with E-state index >= 15 is 0 Å². The molecule has 1 fully saturated rings. The lowest BCUT2D eigenvalue weighted by Crippen LogP contribution is -2.36. The molecule has 106 valence electrons. The summed E-state index contributed by atoms with van der Waals surface area (Å²) in [5.41, 5.74) is 7.61. The number of nitrogens with two attached hydrogens (primary N) is 1. The third-order valence-electron chi connectivity index (χ3n) is 3.60. The van der Waals surface area contributed by atoms with Crippen LogP contribution in [-0.2, 0) is 0 Å². The summed E-state index contributed by atoms with van der Waals surface area (Å²) in [5.74, 6) is 0.720. The Labute approximate surface area is 115 Å². The van der Waals surface area contributed by atoms with Gasteiger partial charge in [-0.05, 0) is 31.4 Å². The van der Waals surface area contributed by atoms with Gasteiger partial charge >= 0.3 is 0 Å². The first kappa shape index (κ1) is 14.0. The highest BCUT2D eigenvalue weighted by Gasteiger charge is 2.23. The number of rotatable bonds is 5. The van der Waals surface area contributed by atoms with Crippen LogP contribution in [0.25, 0.3) is 0 Å². The maximum Gasteiger partial charge on any atom is 0.144 e. The van der Waals surface area contributed by atoms with Gasteiger partial charge in [0.05, 0.1) is 30.1 Å². The summed E-state index contributed by atoms with van der Waals surface area (Å²) in [6.07, 6.45) is 4.78.